The second kappa shape index (κ2) is 9.06. The maximum atomic E-state index is 12.0. The van der Waals surface area contributed by atoms with Gasteiger partial charge in [0.05, 0.1) is 11.9 Å². The summed E-state index contributed by atoms with van der Waals surface area (Å²) >= 11 is 0. The molecule has 0 atom stereocenters. The normalized spacial score (nSPS) is 10.6. The van der Waals surface area contributed by atoms with E-state index in [0.717, 1.165) is 24.5 Å². The van der Waals surface area contributed by atoms with Crippen molar-refractivity contribution in [3.63, 3.8) is 0 Å². The summed E-state index contributed by atoms with van der Waals surface area (Å²) in [4.78, 5) is 18.5. The monoisotopic (exact) mass is 340 g/mol. The zero-order valence-electron chi connectivity index (χ0n) is 15.5. The lowest BCUT2D eigenvalue weighted by atomic mass is 10.2. The van der Waals surface area contributed by atoms with Gasteiger partial charge in [0, 0.05) is 31.0 Å². The Labute approximate surface area is 150 Å². The fourth-order valence-corrected chi connectivity index (χ4v) is 2.50. The standard InChI is InChI=1S/C20H28N4O/c1-5-24(6-2)18-10-7-16(8-11-18)23-17-9-12-19(21-14-17)20(25)22-13-15(3)4/h7-12,14-15,23H,5-6,13H2,1-4H3,(H,22,25). The molecule has 5 heteroatoms. The van der Waals surface area contributed by atoms with Crippen LogP contribution < -0.4 is 15.5 Å². The van der Waals surface area contributed by atoms with Crippen LogP contribution in [0.5, 0.6) is 0 Å². The van der Waals surface area contributed by atoms with Crippen molar-refractivity contribution in [2.75, 3.05) is 29.9 Å². The van der Waals surface area contributed by atoms with Gasteiger partial charge in [0.25, 0.3) is 5.91 Å². The number of nitrogens with zero attached hydrogens (tertiary/aromatic N) is 2. The van der Waals surface area contributed by atoms with Crippen molar-refractivity contribution in [2.24, 2.45) is 5.92 Å². The summed E-state index contributed by atoms with van der Waals surface area (Å²) in [5.74, 6) is 0.285. The zero-order valence-corrected chi connectivity index (χ0v) is 15.5. The number of nitrogens with one attached hydrogen (secondary N) is 2. The Balaban J connectivity index is 1.98. The fourth-order valence-electron chi connectivity index (χ4n) is 2.50. The molecule has 2 rings (SSSR count). The summed E-state index contributed by atoms with van der Waals surface area (Å²) in [6.45, 7) is 11.1. The van der Waals surface area contributed by atoms with Crippen LogP contribution >= 0.6 is 0 Å². The van der Waals surface area contributed by atoms with Gasteiger partial charge in [-0.3, -0.25) is 4.79 Å². The molecule has 0 radical (unpaired) electrons. The first-order valence-electron chi connectivity index (χ1n) is 8.89. The summed E-state index contributed by atoms with van der Waals surface area (Å²) in [6, 6.07) is 11.9. The van der Waals surface area contributed by atoms with E-state index in [4.69, 9.17) is 0 Å². The number of carbonyl (C=O) groups excluding carboxylic acids is 1. The average molecular weight is 340 g/mol. The molecule has 2 N–H and O–H groups in total. The van der Waals surface area contributed by atoms with Crippen molar-refractivity contribution in [3.8, 4) is 0 Å². The Hall–Kier alpha value is -2.56. The molecule has 0 aliphatic heterocycles. The predicted molar refractivity (Wildman–Crippen MR) is 105 cm³/mol. The van der Waals surface area contributed by atoms with E-state index in [1.807, 2.05) is 6.07 Å². The lowest BCUT2D eigenvalue weighted by molar-refractivity contribution is 0.0944. The summed E-state index contributed by atoms with van der Waals surface area (Å²) in [5, 5.41) is 6.18. The SMILES string of the molecule is CCN(CC)c1ccc(Nc2ccc(C(=O)NCC(C)C)nc2)cc1. The molecule has 1 aromatic carbocycles. The molecule has 0 unspecified atom stereocenters. The summed E-state index contributed by atoms with van der Waals surface area (Å²) in [5.41, 5.74) is 3.50. The Bertz CT molecular complexity index is 661. The van der Waals surface area contributed by atoms with E-state index in [2.05, 4.69) is 72.5 Å². The number of pyridine rings is 1. The molecule has 0 aliphatic carbocycles. The minimum Gasteiger partial charge on any atom is -0.372 e. The molecule has 0 bridgehead atoms. The lowest BCUT2D eigenvalue weighted by Gasteiger charge is -2.21. The van der Waals surface area contributed by atoms with Crippen LogP contribution in [0.4, 0.5) is 17.1 Å². The highest BCUT2D eigenvalue weighted by Gasteiger charge is 2.07. The van der Waals surface area contributed by atoms with Gasteiger partial charge < -0.3 is 15.5 Å². The highest BCUT2D eigenvalue weighted by atomic mass is 16.1. The Morgan fingerprint density at radius 2 is 1.68 bits per heavy atom. The minimum absolute atomic E-state index is 0.135. The number of carbonyl (C=O) groups is 1. The van der Waals surface area contributed by atoms with Gasteiger partial charge >= 0.3 is 0 Å². The van der Waals surface area contributed by atoms with E-state index >= 15 is 0 Å². The van der Waals surface area contributed by atoms with Crippen molar-refractivity contribution >= 4 is 23.0 Å². The van der Waals surface area contributed by atoms with Crippen LogP contribution in [0.3, 0.4) is 0 Å². The number of benzene rings is 1. The van der Waals surface area contributed by atoms with E-state index in [0.29, 0.717) is 18.2 Å². The fraction of sp³-hybridized carbons (Fsp3) is 0.400. The lowest BCUT2D eigenvalue weighted by Crippen LogP contribution is -2.27. The number of amides is 1. The first kappa shape index (κ1) is 18.8. The first-order chi connectivity index (χ1) is 12.0. The smallest absolute Gasteiger partial charge is 0.269 e. The van der Waals surface area contributed by atoms with E-state index in [1.165, 1.54) is 5.69 Å². The van der Waals surface area contributed by atoms with Crippen LogP contribution in [-0.4, -0.2) is 30.5 Å². The largest absolute Gasteiger partial charge is 0.372 e. The topological polar surface area (TPSA) is 57.3 Å². The summed E-state index contributed by atoms with van der Waals surface area (Å²) in [6.07, 6.45) is 1.68. The third-order valence-electron chi connectivity index (χ3n) is 3.95. The molecule has 25 heavy (non-hydrogen) atoms. The number of rotatable bonds is 8. The molecule has 1 heterocycles. The highest BCUT2D eigenvalue weighted by molar-refractivity contribution is 5.92. The number of aromatic nitrogens is 1. The van der Waals surface area contributed by atoms with Crippen molar-refractivity contribution in [1.82, 2.24) is 10.3 Å². The molecule has 1 aromatic heterocycles. The third kappa shape index (κ3) is 5.48. The van der Waals surface area contributed by atoms with Crippen molar-refractivity contribution < 1.29 is 4.79 Å². The van der Waals surface area contributed by atoms with Gasteiger partial charge in [-0.05, 0) is 56.2 Å². The van der Waals surface area contributed by atoms with E-state index in [9.17, 15) is 4.79 Å². The Kier molecular flexibility index (Phi) is 6.81. The zero-order chi connectivity index (χ0) is 18.2. The van der Waals surface area contributed by atoms with Gasteiger partial charge in [-0.15, -0.1) is 0 Å². The van der Waals surface area contributed by atoms with Crippen LogP contribution in [0.25, 0.3) is 0 Å². The molecule has 0 saturated heterocycles. The van der Waals surface area contributed by atoms with Crippen molar-refractivity contribution in [2.45, 2.75) is 27.7 Å². The Morgan fingerprint density at radius 3 is 2.20 bits per heavy atom. The summed E-state index contributed by atoms with van der Waals surface area (Å²) in [7, 11) is 0. The molecule has 0 fully saturated rings. The molecule has 5 nitrogen and oxygen atoms in total. The number of hydrogen-bond acceptors (Lipinski definition) is 4. The number of anilines is 3. The molecule has 1 amide bonds. The molecule has 2 aromatic rings. The van der Waals surface area contributed by atoms with Gasteiger partial charge in [0.1, 0.15) is 5.69 Å². The van der Waals surface area contributed by atoms with Crippen LogP contribution in [0.2, 0.25) is 0 Å². The van der Waals surface area contributed by atoms with Crippen LogP contribution in [0.1, 0.15) is 38.2 Å². The molecule has 0 spiro atoms. The first-order valence-corrected chi connectivity index (χ1v) is 8.89. The van der Waals surface area contributed by atoms with Crippen LogP contribution in [0.15, 0.2) is 42.6 Å². The van der Waals surface area contributed by atoms with E-state index < -0.39 is 0 Å². The Morgan fingerprint density at radius 1 is 1.04 bits per heavy atom. The maximum absolute atomic E-state index is 12.0. The average Bonchev–Trinajstić information content (AvgIpc) is 2.62. The second-order valence-corrected chi connectivity index (χ2v) is 6.38. The molecular formula is C20H28N4O. The maximum Gasteiger partial charge on any atom is 0.269 e. The molecule has 0 aliphatic rings. The van der Waals surface area contributed by atoms with Gasteiger partial charge in [-0.25, -0.2) is 4.98 Å². The molecular weight excluding hydrogens is 312 g/mol. The third-order valence-corrected chi connectivity index (χ3v) is 3.95. The van der Waals surface area contributed by atoms with Crippen molar-refractivity contribution in [1.29, 1.82) is 0 Å². The minimum atomic E-state index is -0.135. The van der Waals surface area contributed by atoms with Gasteiger partial charge in [-0.2, -0.15) is 0 Å². The predicted octanol–water partition coefficient (Wildman–Crippen LogP) is 4.06. The summed E-state index contributed by atoms with van der Waals surface area (Å²) < 4.78 is 0. The van der Waals surface area contributed by atoms with Gasteiger partial charge in [0.15, 0.2) is 0 Å². The van der Waals surface area contributed by atoms with Crippen LogP contribution in [-0.2, 0) is 0 Å². The molecule has 0 saturated carbocycles. The molecule has 134 valence electrons. The van der Waals surface area contributed by atoms with Gasteiger partial charge in [-0.1, -0.05) is 13.8 Å². The van der Waals surface area contributed by atoms with E-state index in [-0.39, 0.29) is 5.91 Å². The van der Waals surface area contributed by atoms with Crippen molar-refractivity contribution in [3.05, 3.63) is 48.3 Å². The quantitative estimate of drug-likeness (QED) is 0.761. The van der Waals surface area contributed by atoms with E-state index in [1.54, 1.807) is 12.3 Å². The van der Waals surface area contributed by atoms with Crippen LogP contribution in [0, 0.1) is 5.92 Å². The van der Waals surface area contributed by atoms with Gasteiger partial charge in [0.2, 0.25) is 0 Å². The second-order valence-electron chi connectivity index (χ2n) is 6.38. The highest BCUT2D eigenvalue weighted by Crippen LogP contribution is 2.20. The number of hydrogen-bond donors (Lipinski definition) is 2.